The lowest BCUT2D eigenvalue weighted by molar-refractivity contribution is 0.0497. The van der Waals surface area contributed by atoms with Crippen LogP contribution in [0.3, 0.4) is 0 Å². The highest BCUT2D eigenvalue weighted by atomic mass is 32.1. The second-order valence-electron chi connectivity index (χ2n) is 9.70. The molecule has 3 heterocycles. The fourth-order valence-electron chi connectivity index (χ4n) is 4.03. The van der Waals surface area contributed by atoms with E-state index >= 15 is 0 Å². The molecule has 0 spiro atoms. The summed E-state index contributed by atoms with van der Waals surface area (Å²) in [7, 11) is 2.97. The number of benzene rings is 1. The maximum atomic E-state index is 13.1. The van der Waals surface area contributed by atoms with Crippen LogP contribution in [-0.4, -0.2) is 65.9 Å². The Kier molecular flexibility index (Phi) is 8.30. The lowest BCUT2D eigenvalue weighted by Crippen LogP contribution is -2.46. The van der Waals surface area contributed by atoms with E-state index in [-0.39, 0.29) is 23.7 Å². The zero-order valence-corrected chi connectivity index (χ0v) is 22.9. The minimum absolute atomic E-state index is 0.0372. The van der Waals surface area contributed by atoms with Crippen LogP contribution in [0.2, 0.25) is 0 Å². The van der Waals surface area contributed by atoms with E-state index < -0.39 is 11.7 Å². The molecule has 0 aliphatic carbocycles. The third kappa shape index (κ3) is 6.68. The van der Waals surface area contributed by atoms with Crippen molar-refractivity contribution < 1.29 is 23.8 Å². The Hall–Kier alpha value is -3.93. The van der Waals surface area contributed by atoms with Gasteiger partial charge in [0, 0.05) is 30.7 Å². The van der Waals surface area contributed by atoms with Crippen LogP contribution < -0.4 is 25.0 Å². The first-order valence-electron chi connectivity index (χ1n) is 12.2. The number of thiazole rings is 1. The standard InChI is InChI=1S/C26H32N6O5S/c1-26(2,3)37-25(34)28-16-10-12-32(13-11-16)20-9-7-6-8-18(20)29-21(33)19-15-38-23(30-19)17-14-27-24(36-5)31-22(17)35-4/h6-9,14-16H,10-13H2,1-5H3,(H,28,34)(H,29,33). The molecule has 1 aliphatic rings. The molecule has 4 rings (SSSR count). The molecule has 38 heavy (non-hydrogen) atoms. The molecule has 0 bridgehead atoms. The van der Waals surface area contributed by atoms with Gasteiger partial charge in [-0.1, -0.05) is 12.1 Å². The monoisotopic (exact) mass is 540 g/mol. The Morgan fingerprint density at radius 2 is 1.82 bits per heavy atom. The number of hydrogen-bond donors (Lipinski definition) is 2. The molecule has 2 amide bonds. The van der Waals surface area contributed by atoms with Crippen LogP contribution in [-0.2, 0) is 4.74 Å². The predicted molar refractivity (Wildman–Crippen MR) is 145 cm³/mol. The van der Waals surface area contributed by atoms with Crippen LogP contribution in [0.4, 0.5) is 16.2 Å². The van der Waals surface area contributed by atoms with Gasteiger partial charge in [-0.3, -0.25) is 4.79 Å². The minimum Gasteiger partial charge on any atom is -0.480 e. The van der Waals surface area contributed by atoms with E-state index in [1.54, 1.807) is 11.6 Å². The molecular weight excluding hydrogens is 508 g/mol. The zero-order valence-electron chi connectivity index (χ0n) is 22.1. The number of nitrogens with zero attached hydrogens (tertiary/aromatic N) is 4. The number of hydrogen-bond acceptors (Lipinski definition) is 10. The smallest absolute Gasteiger partial charge is 0.407 e. The van der Waals surface area contributed by atoms with Crippen molar-refractivity contribution in [3.05, 3.63) is 41.5 Å². The fraction of sp³-hybridized carbons (Fsp3) is 0.423. The first-order chi connectivity index (χ1) is 18.2. The molecule has 3 aromatic rings. The van der Waals surface area contributed by atoms with Crippen molar-refractivity contribution in [3.63, 3.8) is 0 Å². The molecule has 0 radical (unpaired) electrons. The van der Waals surface area contributed by atoms with Crippen molar-refractivity contribution in [2.45, 2.75) is 45.3 Å². The summed E-state index contributed by atoms with van der Waals surface area (Å²) >= 11 is 1.30. The van der Waals surface area contributed by atoms with Gasteiger partial charge in [0.05, 0.1) is 31.2 Å². The number of nitrogens with one attached hydrogen (secondary N) is 2. The number of para-hydroxylation sites is 2. The Balaban J connectivity index is 1.41. The van der Waals surface area contributed by atoms with Crippen molar-refractivity contribution in [2.24, 2.45) is 0 Å². The van der Waals surface area contributed by atoms with Crippen molar-refractivity contribution in [3.8, 4) is 22.5 Å². The summed E-state index contributed by atoms with van der Waals surface area (Å²) in [5.74, 6) is -0.0112. The highest BCUT2D eigenvalue weighted by molar-refractivity contribution is 7.13. The van der Waals surface area contributed by atoms with Gasteiger partial charge in [0.2, 0.25) is 5.88 Å². The highest BCUT2D eigenvalue weighted by Gasteiger charge is 2.25. The predicted octanol–water partition coefficient (Wildman–Crippen LogP) is 4.36. The topological polar surface area (TPSA) is 128 Å². The molecular formula is C26H32N6O5S. The normalized spacial score (nSPS) is 14.1. The first-order valence-corrected chi connectivity index (χ1v) is 13.1. The lowest BCUT2D eigenvalue weighted by Gasteiger charge is -2.35. The summed E-state index contributed by atoms with van der Waals surface area (Å²) in [6.07, 6.45) is 2.69. The summed E-state index contributed by atoms with van der Waals surface area (Å²) in [5, 5.41) is 8.20. The lowest BCUT2D eigenvalue weighted by atomic mass is 10.0. The molecule has 2 aromatic heterocycles. The number of piperidine rings is 1. The second-order valence-corrected chi connectivity index (χ2v) is 10.6. The molecule has 0 atom stereocenters. The fourth-order valence-corrected chi connectivity index (χ4v) is 4.83. The number of methoxy groups -OCH3 is 2. The number of rotatable bonds is 7. The van der Waals surface area contributed by atoms with Gasteiger partial charge in [0.25, 0.3) is 5.91 Å². The molecule has 12 heteroatoms. The third-order valence-corrected chi connectivity index (χ3v) is 6.66. The molecule has 202 valence electrons. The van der Waals surface area contributed by atoms with Crippen LogP contribution >= 0.6 is 11.3 Å². The maximum Gasteiger partial charge on any atom is 0.407 e. The van der Waals surface area contributed by atoms with Gasteiger partial charge in [0.1, 0.15) is 16.3 Å². The number of aromatic nitrogens is 3. The SMILES string of the molecule is COc1ncc(-c2nc(C(=O)Nc3ccccc3N3CCC(NC(=O)OC(C)(C)C)CC3)cs2)c(OC)n1. The average Bonchev–Trinajstić information content (AvgIpc) is 3.38. The second kappa shape index (κ2) is 11.6. The van der Waals surface area contributed by atoms with Gasteiger partial charge >= 0.3 is 12.1 Å². The number of carbonyl (C=O) groups excluding carboxylic acids is 2. The summed E-state index contributed by atoms with van der Waals surface area (Å²) < 4.78 is 15.8. The molecule has 0 saturated carbocycles. The van der Waals surface area contributed by atoms with E-state index in [1.807, 2.05) is 45.0 Å². The van der Waals surface area contributed by atoms with Crippen molar-refractivity contribution in [2.75, 3.05) is 37.5 Å². The summed E-state index contributed by atoms with van der Waals surface area (Å²) in [6.45, 7) is 6.99. The summed E-state index contributed by atoms with van der Waals surface area (Å²) in [5.41, 5.74) is 1.92. The van der Waals surface area contributed by atoms with Gasteiger partial charge in [-0.25, -0.2) is 14.8 Å². The van der Waals surface area contributed by atoms with E-state index in [4.69, 9.17) is 14.2 Å². The van der Waals surface area contributed by atoms with Gasteiger partial charge < -0.3 is 29.7 Å². The third-order valence-electron chi connectivity index (χ3n) is 5.78. The molecule has 2 N–H and O–H groups in total. The molecule has 1 aliphatic heterocycles. The molecule has 1 fully saturated rings. The van der Waals surface area contributed by atoms with Gasteiger partial charge in [-0.2, -0.15) is 4.98 Å². The number of anilines is 2. The highest BCUT2D eigenvalue weighted by Crippen LogP contribution is 2.32. The van der Waals surface area contributed by atoms with Crippen molar-refractivity contribution in [1.82, 2.24) is 20.3 Å². The van der Waals surface area contributed by atoms with E-state index in [2.05, 4.69) is 30.5 Å². The van der Waals surface area contributed by atoms with Gasteiger partial charge in [-0.15, -0.1) is 11.3 Å². The van der Waals surface area contributed by atoms with E-state index in [0.717, 1.165) is 31.6 Å². The van der Waals surface area contributed by atoms with Crippen molar-refractivity contribution in [1.29, 1.82) is 0 Å². The largest absolute Gasteiger partial charge is 0.480 e. The van der Waals surface area contributed by atoms with Gasteiger partial charge in [-0.05, 0) is 45.7 Å². The minimum atomic E-state index is -0.533. The molecule has 0 unspecified atom stereocenters. The Morgan fingerprint density at radius 1 is 1.08 bits per heavy atom. The van der Waals surface area contributed by atoms with Gasteiger partial charge in [0.15, 0.2) is 0 Å². The van der Waals surface area contributed by atoms with Crippen LogP contribution in [0.25, 0.3) is 10.6 Å². The summed E-state index contributed by atoms with van der Waals surface area (Å²) in [4.78, 5) is 40.2. The number of amides is 2. The number of ether oxygens (including phenoxy) is 3. The van der Waals surface area contributed by atoms with E-state index in [1.165, 1.54) is 25.6 Å². The van der Waals surface area contributed by atoms with E-state index in [0.29, 0.717) is 22.1 Å². The number of alkyl carbamates (subject to hydrolysis) is 1. The average molecular weight is 541 g/mol. The van der Waals surface area contributed by atoms with Crippen LogP contribution in [0, 0.1) is 0 Å². The summed E-state index contributed by atoms with van der Waals surface area (Å²) in [6, 6.07) is 7.88. The van der Waals surface area contributed by atoms with E-state index in [9.17, 15) is 9.59 Å². The maximum absolute atomic E-state index is 13.1. The molecule has 1 saturated heterocycles. The molecule has 11 nitrogen and oxygen atoms in total. The number of carbonyl (C=O) groups is 2. The Bertz CT molecular complexity index is 1280. The quantitative estimate of drug-likeness (QED) is 0.449. The van der Waals surface area contributed by atoms with Crippen molar-refractivity contribution >= 4 is 34.7 Å². The Morgan fingerprint density at radius 3 is 2.50 bits per heavy atom. The van der Waals surface area contributed by atoms with Crippen LogP contribution in [0.5, 0.6) is 11.9 Å². The molecule has 1 aromatic carbocycles. The Labute approximate surface area is 225 Å². The van der Waals surface area contributed by atoms with Crippen LogP contribution in [0.1, 0.15) is 44.1 Å². The zero-order chi connectivity index (χ0) is 27.3. The first kappa shape index (κ1) is 27.1. The van der Waals surface area contributed by atoms with Crippen LogP contribution in [0.15, 0.2) is 35.8 Å².